The molecule has 2 heteroatoms. The number of hydrogen-bond donors (Lipinski definition) is 0. The molecule has 0 aromatic heterocycles. The first-order valence-electron chi connectivity index (χ1n) is 10.9. The van der Waals surface area contributed by atoms with Crippen molar-refractivity contribution in [2.24, 2.45) is 5.92 Å². The molecule has 2 nitrogen and oxygen atoms in total. The summed E-state index contributed by atoms with van der Waals surface area (Å²) in [5.41, 5.74) is 3.80. The molecule has 1 saturated carbocycles. The fraction of sp³-hybridized carbons (Fsp3) is 0.333. The van der Waals surface area contributed by atoms with Gasteiger partial charge in [0.1, 0.15) is 5.75 Å². The molecule has 0 heterocycles. The summed E-state index contributed by atoms with van der Waals surface area (Å²) in [6.45, 7) is 2.56. The van der Waals surface area contributed by atoms with Crippen LogP contribution < -0.4 is 9.64 Å². The summed E-state index contributed by atoms with van der Waals surface area (Å²) in [6.07, 6.45) is 6.70. The van der Waals surface area contributed by atoms with Crippen molar-refractivity contribution < 1.29 is 4.74 Å². The highest BCUT2D eigenvalue weighted by Gasteiger charge is 2.17. The molecule has 0 saturated heterocycles. The van der Waals surface area contributed by atoms with Gasteiger partial charge >= 0.3 is 0 Å². The Labute approximate surface area is 175 Å². The Morgan fingerprint density at radius 2 is 1.21 bits per heavy atom. The van der Waals surface area contributed by atoms with Crippen LogP contribution in [0.15, 0.2) is 84.9 Å². The van der Waals surface area contributed by atoms with Crippen molar-refractivity contribution in [2.75, 3.05) is 11.5 Å². The van der Waals surface area contributed by atoms with E-state index in [9.17, 15) is 0 Å². The third-order valence-corrected chi connectivity index (χ3v) is 5.84. The third-order valence-electron chi connectivity index (χ3n) is 5.84. The van der Waals surface area contributed by atoms with E-state index in [1.165, 1.54) is 48.9 Å². The highest BCUT2D eigenvalue weighted by Crippen LogP contribution is 2.32. The zero-order chi connectivity index (χ0) is 19.7. The van der Waals surface area contributed by atoms with Gasteiger partial charge in [-0.1, -0.05) is 92.1 Å². The molecule has 1 aliphatic carbocycles. The minimum Gasteiger partial charge on any atom is -0.491 e. The lowest BCUT2D eigenvalue weighted by molar-refractivity contribution is 0.209. The highest BCUT2D eigenvalue weighted by molar-refractivity contribution is 5.59. The van der Waals surface area contributed by atoms with Crippen molar-refractivity contribution in [2.45, 2.75) is 45.2 Å². The number of nitrogens with zero attached hydrogens (tertiary/aromatic N) is 1. The van der Waals surface area contributed by atoms with E-state index in [2.05, 4.69) is 89.8 Å². The van der Waals surface area contributed by atoms with E-state index in [0.717, 1.165) is 25.4 Å². The van der Waals surface area contributed by atoms with Crippen LogP contribution in [0.3, 0.4) is 0 Å². The van der Waals surface area contributed by atoms with E-state index in [1.807, 2.05) is 0 Å². The Kier molecular flexibility index (Phi) is 6.85. The van der Waals surface area contributed by atoms with Gasteiger partial charge in [0.05, 0.1) is 12.3 Å². The maximum absolute atomic E-state index is 6.39. The van der Waals surface area contributed by atoms with Gasteiger partial charge in [-0.05, 0) is 42.0 Å². The van der Waals surface area contributed by atoms with Crippen molar-refractivity contribution in [1.82, 2.24) is 0 Å². The molecule has 150 valence electrons. The van der Waals surface area contributed by atoms with Gasteiger partial charge in [0, 0.05) is 13.1 Å². The average Bonchev–Trinajstić information content (AvgIpc) is 2.80. The predicted molar refractivity (Wildman–Crippen MR) is 121 cm³/mol. The first kappa shape index (κ1) is 19.6. The predicted octanol–water partition coefficient (Wildman–Crippen LogP) is 6.85. The number of rotatable bonds is 8. The Morgan fingerprint density at radius 1 is 0.655 bits per heavy atom. The Morgan fingerprint density at radius 3 is 1.83 bits per heavy atom. The van der Waals surface area contributed by atoms with Gasteiger partial charge in [-0.3, -0.25) is 0 Å². The first-order chi connectivity index (χ1) is 14.4. The van der Waals surface area contributed by atoms with E-state index >= 15 is 0 Å². The zero-order valence-electron chi connectivity index (χ0n) is 17.2. The fourth-order valence-corrected chi connectivity index (χ4v) is 4.24. The second-order valence-corrected chi connectivity index (χ2v) is 8.11. The maximum Gasteiger partial charge on any atom is 0.142 e. The lowest BCUT2D eigenvalue weighted by atomic mass is 9.90. The smallest absolute Gasteiger partial charge is 0.142 e. The lowest BCUT2D eigenvalue weighted by Gasteiger charge is -2.28. The SMILES string of the molecule is c1ccc(CN(Cc2ccccc2)c2ccccc2OCC2CCCCC2)cc1. The molecule has 3 aromatic carbocycles. The monoisotopic (exact) mass is 385 g/mol. The summed E-state index contributed by atoms with van der Waals surface area (Å²) in [6, 6.07) is 29.9. The first-order valence-corrected chi connectivity index (χ1v) is 10.9. The van der Waals surface area contributed by atoms with Crippen LogP contribution in [0.5, 0.6) is 5.75 Å². The van der Waals surface area contributed by atoms with Crippen LogP contribution in [0.2, 0.25) is 0 Å². The van der Waals surface area contributed by atoms with Crippen LogP contribution in [0.4, 0.5) is 5.69 Å². The summed E-state index contributed by atoms with van der Waals surface area (Å²) < 4.78 is 6.39. The molecule has 0 aliphatic heterocycles. The molecule has 1 fully saturated rings. The van der Waals surface area contributed by atoms with Crippen molar-refractivity contribution >= 4 is 5.69 Å². The summed E-state index contributed by atoms with van der Waals surface area (Å²) in [5, 5.41) is 0. The number of para-hydroxylation sites is 2. The van der Waals surface area contributed by atoms with Gasteiger partial charge in [-0.15, -0.1) is 0 Å². The standard InChI is InChI=1S/C27H31NO/c1-4-12-23(13-5-1)20-28(21-24-14-6-2-7-15-24)26-18-10-11-19-27(26)29-22-25-16-8-3-9-17-25/h1-2,4-7,10-15,18-19,25H,3,8-9,16-17,20-22H2. The Hall–Kier alpha value is -2.74. The fourth-order valence-electron chi connectivity index (χ4n) is 4.24. The molecule has 0 radical (unpaired) electrons. The van der Waals surface area contributed by atoms with Crippen molar-refractivity contribution in [3.05, 3.63) is 96.1 Å². The number of ether oxygens (including phenoxy) is 1. The van der Waals surface area contributed by atoms with E-state index in [4.69, 9.17) is 4.74 Å². The van der Waals surface area contributed by atoms with Crippen LogP contribution >= 0.6 is 0 Å². The van der Waals surface area contributed by atoms with Crippen LogP contribution in [0.1, 0.15) is 43.2 Å². The normalized spacial score (nSPS) is 14.5. The average molecular weight is 386 g/mol. The second-order valence-electron chi connectivity index (χ2n) is 8.11. The van der Waals surface area contributed by atoms with E-state index in [-0.39, 0.29) is 0 Å². The topological polar surface area (TPSA) is 12.5 Å². The minimum atomic E-state index is 0.702. The number of anilines is 1. The molecule has 0 atom stereocenters. The summed E-state index contributed by atoms with van der Waals surface area (Å²) in [4.78, 5) is 2.43. The molecule has 0 bridgehead atoms. The van der Waals surface area contributed by atoms with Crippen molar-refractivity contribution in [3.63, 3.8) is 0 Å². The Balaban J connectivity index is 1.55. The van der Waals surface area contributed by atoms with E-state index in [0.29, 0.717) is 5.92 Å². The molecule has 0 spiro atoms. The maximum atomic E-state index is 6.39. The highest BCUT2D eigenvalue weighted by atomic mass is 16.5. The second kappa shape index (κ2) is 10.2. The molecule has 4 rings (SSSR count). The van der Waals surface area contributed by atoms with Crippen molar-refractivity contribution in [3.8, 4) is 5.75 Å². The summed E-state index contributed by atoms with van der Waals surface area (Å²) in [5.74, 6) is 1.71. The van der Waals surface area contributed by atoms with Crippen LogP contribution in [0.25, 0.3) is 0 Å². The summed E-state index contributed by atoms with van der Waals surface area (Å²) in [7, 11) is 0. The van der Waals surface area contributed by atoms with E-state index in [1.54, 1.807) is 0 Å². The van der Waals surface area contributed by atoms with Gasteiger partial charge in [-0.25, -0.2) is 0 Å². The molecular formula is C27H31NO. The molecular weight excluding hydrogens is 354 g/mol. The Bertz CT molecular complexity index is 814. The van der Waals surface area contributed by atoms with Crippen LogP contribution in [-0.4, -0.2) is 6.61 Å². The number of hydrogen-bond acceptors (Lipinski definition) is 2. The van der Waals surface area contributed by atoms with E-state index < -0.39 is 0 Å². The van der Waals surface area contributed by atoms with Gasteiger partial charge < -0.3 is 9.64 Å². The largest absolute Gasteiger partial charge is 0.491 e. The van der Waals surface area contributed by atoms with Crippen LogP contribution in [0, 0.1) is 5.92 Å². The quantitative estimate of drug-likeness (QED) is 0.420. The molecule has 1 aliphatic rings. The zero-order valence-corrected chi connectivity index (χ0v) is 17.2. The summed E-state index contributed by atoms with van der Waals surface area (Å²) >= 11 is 0. The molecule has 0 amide bonds. The third kappa shape index (κ3) is 5.63. The van der Waals surface area contributed by atoms with Crippen LogP contribution in [-0.2, 0) is 13.1 Å². The van der Waals surface area contributed by atoms with Gasteiger partial charge in [0.2, 0.25) is 0 Å². The molecule has 0 N–H and O–H groups in total. The van der Waals surface area contributed by atoms with Gasteiger partial charge in [0.25, 0.3) is 0 Å². The minimum absolute atomic E-state index is 0.702. The molecule has 29 heavy (non-hydrogen) atoms. The van der Waals surface area contributed by atoms with Crippen molar-refractivity contribution in [1.29, 1.82) is 0 Å². The van der Waals surface area contributed by atoms with Gasteiger partial charge in [0.15, 0.2) is 0 Å². The molecule has 3 aromatic rings. The number of benzene rings is 3. The van der Waals surface area contributed by atoms with Gasteiger partial charge in [-0.2, -0.15) is 0 Å². The molecule has 0 unspecified atom stereocenters. The lowest BCUT2D eigenvalue weighted by Crippen LogP contribution is -2.23.